The van der Waals surface area contributed by atoms with Crippen molar-refractivity contribution < 1.29 is 19.1 Å². The minimum absolute atomic E-state index is 0.0246. The largest absolute Gasteiger partial charge is 0.497 e. The quantitative estimate of drug-likeness (QED) is 0.600. The van der Waals surface area contributed by atoms with Crippen LogP contribution >= 0.6 is 0 Å². The first-order chi connectivity index (χ1) is 15.4. The molecule has 1 aliphatic heterocycles. The fourth-order valence-corrected chi connectivity index (χ4v) is 4.23. The first kappa shape index (κ1) is 21.4. The van der Waals surface area contributed by atoms with E-state index in [-0.39, 0.29) is 18.4 Å². The van der Waals surface area contributed by atoms with Gasteiger partial charge in [-0.15, -0.1) is 0 Å². The van der Waals surface area contributed by atoms with Gasteiger partial charge in [-0.25, -0.2) is 0 Å². The zero-order valence-corrected chi connectivity index (χ0v) is 18.7. The summed E-state index contributed by atoms with van der Waals surface area (Å²) in [6.45, 7) is 3.89. The summed E-state index contributed by atoms with van der Waals surface area (Å²) in [5.74, 6) is 1.06. The van der Waals surface area contributed by atoms with Gasteiger partial charge < -0.3 is 14.4 Å². The highest BCUT2D eigenvalue weighted by molar-refractivity contribution is 6.15. The summed E-state index contributed by atoms with van der Waals surface area (Å²) in [4.78, 5) is 30.6. The van der Waals surface area contributed by atoms with Crippen LogP contribution in [0, 0.1) is 13.8 Å². The molecule has 1 atom stereocenters. The van der Waals surface area contributed by atoms with Gasteiger partial charge in [0.15, 0.2) is 0 Å². The van der Waals surface area contributed by atoms with Crippen LogP contribution in [-0.2, 0) is 9.59 Å². The zero-order valence-electron chi connectivity index (χ0n) is 18.7. The number of anilines is 2. The molecule has 6 heteroatoms. The van der Waals surface area contributed by atoms with E-state index in [2.05, 4.69) is 0 Å². The number of hydrogen-bond donors (Lipinski definition) is 0. The van der Waals surface area contributed by atoms with E-state index in [0.29, 0.717) is 17.2 Å². The van der Waals surface area contributed by atoms with Gasteiger partial charge in [-0.3, -0.25) is 14.5 Å². The van der Waals surface area contributed by atoms with Crippen molar-refractivity contribution in [3.05, 3.63) is 83.4 Å². The lowest BCUT2D eigenvalue weighted by molar-refractivity contribution is -0.128. The van der Waals surface area contributed by atoms with Gasteiger partial charge in [-0.2, -0.15) is 0 Å². The molecule has 3 aromatic rings. The van der Waals surface area contributed by atoms with Crippen LogP contribution in [0.2, 0.25) is 0 Å². The molecule has 0 N–H and O–H groups in total. The minimum Gasteiger partial charge on any atom is -0.497 e. The topological polar surface area (TPSA) is 59.1 Å². The van der Waals surface area contributed by atoms with Crippen molar-refractivity contribution >= 4 is 23.2 Å². The van der Waals surface area contributed by atoms with Crippen LogP contribution in [0.1, 0.15) is 22.7 Å². The van der Waals surface area contributed by atoms with Crippen LogP contribution in [0.15, 0.2) is 66.7 Å². The second-order valence-electron chi connectivity index (χ2n) is 7.80. The van der Waals surface area contributed by atoms with Crippen molar-refractivity contribution in [2.75, 3.05) is 30.6 Å². The van der Waals surface area contributed by atoms with Gasteiger partial charge in [0.25, 0.3) is 5.91 Å². The third-order valence-corrected chi connectivity index (χ3v) is 5.81. The Kier molecular flexibility index (Phi) is 5.86. The van der Waals surface area contributed by atoms with Gasteiger partial charge in [0, 0.05) is 5.69 Å². The molecule has 32 heavy (non-hydrogen) atoms. The predicted octanol–water partition coefficient (Wildman–Crippen LogP) is 4.44. The van der Waals surface area contributed by atoms with Gasteiger partial charge in [-0.05, 0) is 66.9 Å². The highest BCUT2D eigenvalue weighted by Crippen LogP contribution is 2.37. The standard InChI is InChI=1S/C26H26N2O4/c1-17-6-5-7-18(2)24(17)27-16-23(29)28(20-10-14-22(32-4)15-11-20)25(26(27)30)19-8-12-21(31-3)13-9-19/h5-15,25H,16H2,1-4H3/t25-/m0/s1. The highest BCUT2D eigenvalue weighted by atomic mass is 16.5. The number of para-hydroxylation sites is 1. The molecule has 1 heterocycles. The summed E-state index contributed by atoms with van der Waals surface area (Å²) < 4.78 is 10.5. The average molecular weight is 431 g/mol. The minimum atomic E-state index is -0.797. The van der Waals surface area contributed by atoms with E-state index in [1.165, 1.54) is 0 Å². The smallest absolute Gasteiger partial charge is 0.255 e. The van der Waals surface area contributed by atoms with E-state index in [0.717, 1.165) is 22.4 Å². The molecule has 164 valence electrons. The van der Waals surface area contributed by atoms with E-state index in [1.54, 1.807) is 60.4 Å². The number of piperazine rings is 1. The molecule has 1 aliphatic rings. The molecule has 2 amide bonds. The number of methoxy groups -OCH3 is 2. The third-order valence-electron chi connectivity index (χ3n) is 5.81. The molecular weight excluding hydrogens is 404 g/mol. The lowest BCUT2D eigenvalue weighted by atomic mass is 9.97. The molecule has 0 radical (unpaired) electrons. The maximum absolute atomic E-state index is 13.9. The summed E-state index contributed by atoms with van der Waals surface area (Å²) in [7, 11) is 3.18. The normalized spacial score (nSPS) is 16.3. The lowest BCUT2D eigenvalue weighted by Crippen LogP contribution is -2.56. The Morgan fingerprint density at radius 3 is 1.84 bits per heavy atom. The molecule has 1 fully saturated rings. The monoisotopic (exact) mass is 430 g/mol. The summed E-state index contributed by atoms with van der Waals surface area (Å²) >= 11 is 0. The fraction of sp³-hybridized carbons (Fsp3) is 0.231. The SMILES string of the molecule is COc1ccc([C@H]2C(=O)N(c3c(C)cccc3C)CC(=O)N2c2ccc(OC)cc2)cc1. The Morgan fingerprint density at radius 1 is 0.781 bits per heavy atom. The molecule has 0 aliphatic carbocycles. The third kappa shape index (κ3) is 3.80. The Morgan fingerprint density at radius 2 is 1.31 bits per heavy atom. The highest BCUT2D eigenvalue weighted by Gasteiger charge is 2.42. The first-order valence-corrected chi connectivity index (χ1v) is 10.4. The number of carbonyl (C=O) groups is 2. The van der Waals surface area contributed by atoms with Gasteiger partial charge in [0.2, 0.25) is 5.91 Å². The fourth-order valence-electron chi connectivity index (χ4n) is 4.23. The lowest BCUT2D eigenvalue weighted by Gasteiger charge is -2.41. The Hall–Kier alpha value is -3.80. The van der Waals surface area contributed by atoms with Crippen molar-refractivity contribution in [2.45, 2.75) is 19.9 Å². The molecular formula is C26H26N2O4. The molecule has 0 saturated carbocycles. The van der Waals surface area contributed by atoms with Crippen LogP contribution in [0.3, 0.4) is 0 Å². The second kappa shape index (κ2) is 8.75. The Labute approximate surface area is 188 Å². The number of aryl methyl sites for hydroxylation is 2. The van der Waals surface area contributed by atoms with Crippen LogP contribution in [0.5, 0.6) is 11.5 Å². The molecule has 4 rings (SSSR count). The molecule has 3 aromatic carbocycles. The molecule has 0 unspecified atom stereocenters. The summed E-state index contributed by atoms with van der Waals surface area (Å²) in [6.07, 6.45) is 0. The second-order valence-corrected chi connectivity index (χ2v) is 7.80. The summed E-state index contributed by atoms with van der Waals surface area (Å²) in [5.41, 5.74) is 4.07. The molecule has 0 spiro atoms. The number of amides is 2. The molecule has 6 nitrogen and oxygen atoms in total. The van der Waals surface area contributed by atoms with Gasteiger partial charge in [0.1, 0.15) is 24.1 Å². The van der Waals surface area contributed by atoms with Crippen LogP contribution < -0.4 is 19.3 Å². The first-order valence-electron chi connectivity index (χ1n) is 10.4. The van der Waals surface area contributed by atoms with Crippen LogP contribution in [0.25, 0.3) is 0 Å². The van der Waals surface area contributed by atoms with E-state index < -0.39 is 6.04 Å². The number of hydrogen-bond acceptors (Lipinski definition) is 4. The Bertz CT molecular complexity index is 1120. The Balaban J connectivity index is 1.83. The maximum Gasteiger partial charge on any atom is 0.255 e. The van der Waals surface area contributed by atoms with Crippen molar-refractivity contribution in [1.29, 1.82) is 0 Å². The maximum atomic E-state index is 13.9. The van der Waals surface area contributed by atoms with E-state index in [9.17, 15) is 9.59 Å². The number of rotatable bonds is 5. The molecule has 1 saturated heterocycles. The van der Waals surface area contributed by atoms with Gasteiger partial charge >= 0.3 is 0 Å². The molecule has 0 bridgehead atoms. The van der Waals surface area contributed by atoms with Crippen LogP contribution in [-0.4, -0.2) is 32.6 Å². The van der Waals surface area contributed by atoms with Gasteiger partial charge in [-0.1, -0.05) is 30.3 Å². The zero-order chi connectivity index (χ0) is 22.8. The number of carbonyl (C=O) groups excluding carboxylic acids is 2. The van der Waals surface area contributed by atoms with E-state index in [4.69, 9.17) is 9.47 Å². The van der Waals surface area contributed by atoms with Crippen LogP contribution in [0.4, 0.5) is 11.4 Å². The number of ether oxygens (including phenoxy) is 2. The van der Waals surface area contributed by atoms with E-state index >= 15 is 0 Å². The average Bonchev–Trinajstić information content (AvgIpc) is 2.81. The van der Waals surface area contributed by atoms with Crippen molar-refractivity contribution in [1.82, 2.24) is 0 Å². The van der Waals surface area contributed by atoms with Crippen molar-refractivity contribution in [2.24, 2.45) is 0 Å². The van der Waals surface area contributed by atoms with Crippen molar-refractivity contribution in [3.8, 4) is 11.5 Å². The number of nitrogens with zero attached hydrogens (tertiary/aromatic N) is 2. The predicted molar refractivity (Wildman–Crippen MR) is 124 cm³/mol. The summed E-state index contributed by atoms with van der Waals surface area (Å²) in [6, 6.07) is 19.5. The molecule has 0 aromatic heterocycles. The van der Waals surface area contributed by atoms with Crippen molar-refractivity contribution in [3.63, 3.8) is 0 Å². The summed E-state index contributed by atoms with van der Waals surface area (Å²) in [5, 5.41) is 0. The van der Waals surface area contributed by atoms with Gasteiger partial charge in [0.05, 0.1) is 19.9 Å². The number of benzene rings is 3. The van der Waals surface area contributed by atoms with E-state index in [1.807, 2.05) is 44.2 Å².